The molecule has 1 aromatic carbocycles. The molecule has 1 aliphatic carbocycles. The Labute approximate surface area is 123 Å². The van der Waals surface area contributed by atoms with Crippen molar-refractivity contribution in [2.24, 2.45) is 5.92 Å². The number of aromatic carboxylic acids is 1. The summed E-state index contributed by atoms with van der Waals surface area (Å²) in [5, 5.41) is 20.2. The molecule has 0 heterocycles. The number of carboxylic acids is 1. The van der Waals surface area contributed by atoms with Gasteiger partial charge in [0.1, 0.15) is 5.69 Å². The zero-order valence-electron chi connectivity index (χ0n) is 12.3. The van der Waals surface area contributed by atoms with Gasteiger partial charge in [0.15, 0.2) is 0 Å². The Morgan fingerprint density at radius 3 is 2.48 bits per heavy atom. The van der Waals surface area contributed by atoms with Gasteiger partial charge >= 0.3 is 5.97 Å². The van der Waals surface area contributed by atoms with Gasteiger partial charge in [0, 0.05) is 19.2 Å². The first-order chi connectivity index (χ1) is 9.90. The number of nitro benzene ring substituents is 1. The third kappa shape index (κ3) is 3.32. The van der Waals surface area contributed by atoms with Crippen LogP contribution in [0.5, 0.6) is 0 Å². The van der Waals surface area contributed by atoms with E-state index in [4.69, 9.17) is 5.11 Å². The van der Waals surface area contributed by atoms with Gasteiger partial charge in [-0.15, -0.1) is 0 Å². The fraction of sp³-hybridized carbons (Fsp3) is 0.533. The van der Waals surface area contributed by atoms with Crippen LogP contribution in [0.1, 0.15) is 43.0 Å². The van der Waals surface area contributed by atoms with Crippen molar-refractivity contribution < 1.29 is 14.8 Å². The van der Waals surface area contributed by atoms with E-state index in [2.05, 4.69) is 6.92 Å². The van der Waals surface area contributed by atoms with E-state index in [0.29, 0.717) is 11.6 Å². The van der Waals surface area contributed by atoms with E-state index in [9.17, 15) is 14.9 Å². The van der Waals surface area contributed by atoms with Gasteiger partial charge in [0.25, 0.3) is 5.69 Å². The minimum atomic E-state index is -1.15. The topological polar surface area (TPSA) is 83.7 Å². The Bertz CT molecular complexity index is 551. The molecule has 2 rings (SSSR count). The van der Waals surface area contributed by atoms with Crippen LogP contribution < -0.4 is 4.90 Å². The number of nitrogens with zero attached hydrogens (tertiary/aromatic N) is 2. The largest absolute Gasteiger partial charge is 0.478 e. The van der Waals surface area contributed by atoms with E-state index < -0.39 is 10.9 Å². The maximum atomic E-state index is 11.2. The lowest BCUT2D eigenvalue weighted by Crippen LogP contribution is -2.35. The Hall–Kier alpha value is -2.11. The Morgan fingerprint density at radius 2 is 1.95 bits per heavy atom. The summed E-state index contributed by atoms with van der Waals surface area (Å²) in [6, 6.07) is 4.38. The fourth-order valence-electron chi connectivity index (χ4n) is 2.93. The predicted molar refractivity (Wildman–Crippen MR) is 79.9 cm³/mol. The molecule has 0 aliphatic heterocycles. The maximum absolute atomic E-state index is 11.2. The number of nitro groups is 1. The van der Waals surface area contributed by atoms with E-state index in [-0.39, 0.29) is 17.3 Å². The SMILES string of the molecule is CC1CCC(N(C)c2ccc(C(=O)O)cc2[N+](=O)[O-])CC1. The molecule has 0 unspecified atom stereocenters. The second-order valence-electron chi connectivity index (χ2n) is 5.79. The minimum Gasteiger partial charge on any atom is -0.478 e. The van der Waals surface area contributed by atoms with E-state index in [1.165, 1.54) is 6.07 Å². The van der Waals surface area contributed by atoms with E-state index in [1.54, 1.807) is 6.07 Å². The number of carboxylic acid groups (broad SMARTS) is 1. The van der Waals surface area contributed by atoms with Crippen LogP contribution in [0.4, 0.5) is 11.4 Å². The summed E-state index contributed by atoms with van der Waals surface area (Å²) in [5.41, 5.74) is 0.289. The average Bonchev–Trinajstić information content (AvgIpc) is 2.46. The van der Waals surface area contributed by atoms with Crippen LogP contribution in [0.3, 0.4) is 0 Å². The van der Waals surface area contributed by atoms with Gasteiger partial charge in [-0.2, -0.15) is 0 Å². The fourth-order valence-corrected chi connectivity index (χ4v) is 2.93. The first-order valence-corrected chi connectivity index (χ1v) is 7.14. The van der Waals surface area contributed by atoms with Crippen molar-refractivity contribution in [2.75, 3.05) is 11.9 Å². The molecule has 1 saturated carbocycles. The zero-order chi connectivity index (χ0) is 15.6. The number of hydrogen-bond acceptors (Lipinski definition) is 4. The first-order valence-electron chi connectivity index (χ1n) is 7.14. The lowest BCUT2D eigenvalue weighted by atomic mass is 9.86. The first kappa shape index (κ1) is 15.3. The molecule has 0 aromatic heterocycles. The average molecular weight is 292 g/mol. The molecular formula is C15H20N2O4. The lowest BCUT2D eigenvalue weighted by Gasteiger charge is -2.34. The number of benzene rings is 1. The number of hydrogen-bond donors (Lipinski definition) is 1. The molecule has 21 heavy (non-hydrogen) atoms. The molecule has 0 saturated heterocycles. The quantitative estimate of drug-likeness (QED) is 0.680. The van der Waals surface area contributed by atoms with Crippen LogP contribution in [0.15, 0.2) is 18.2 Å². The summed E-state index contributed by atoms with van der Waals surface area (Å²) >= 11 is 0. The van der Waals surface area contributed by atoms with Crippen LogP contribution in [0.25, 0.3) is 0 Å². The summed E-state index contributed by atoms with van der Waals surface area (Å²) in [5.74, 6) is -0.446. The van der Waals surface area contributed by atoms with Crippen molar-refractivity contribution in [1.29, 1.82) is 0 Å². The molecule has 6 heteroatoms. The second-order valence-corrected chi connectivity index (χ2v) is 5.79. The van der Waals surface area contributed by atoms with Crippen LogP contribution in [-0.2, 0) is 0 Å². The summed E-state index contributed by atoms with van der Waals surface area (Å²) in [6.07, 6.45) is 4.26. The third-order valence-corrected chi connectivity index (χ3v) is 4.33. The van der Waals surface area contributed by atoms with Crippen molar-refractivity contribution in [3.05, 3.63) is 33.9 Å². The molecule has 0 radical (unpaired) electrons. The highest BCUT2D eigenvalue weighted by atomic mass is 16.6. The van der Waals surface area contributed by atoms with Gasteiger partial charge in [0.2, 0.25) is 0 Å². The van der Waals surface area contributed by atoms with E-state index in [1.807, 2.05) is 11.9 Å². The number of rotatable bonds is 4. The Balaban J connectivity index is 2.29. The molecule has 6 nitrogen and oxygen atoms in total. The molecule has 0 atom stereocenters. The van der Waals surface area contributed by atoms with Crippen molar-refractivity contribution in [3.8, 4) is 0 Å². The van der Waals surface area contributed by atoms with Crippen molar-refractivity contribution in [1.82, 2.24) is 0 Å². The standard InChI is InChI=1S/C15H20N2O4/c1-10-3-6-12(7-4-10)16(2)13-8-5-11(15(18)19)9-14(13)17(20)21/h5,8-10,12H,3-4,6-7H2,1-2H3,(H,18,19). The number of anilines is 1. The highest BCUT2D eigenvalue weighted by molar-refractivity contribution is 5.89. The Morgan fingerprint density at radius 1 is 1.33 bits per heavy atom. The molecular weight excluding hydrogens is 272 g/mol. The molecule has 1 fully saturated rings. The van der Waals surface area contributed by atoms with Crippen LogP contribution in [-0.4, -0.2) is 29.1 Å². The monoisotopic (exact) mass is 292 g/mol. The van der Waals surface area contributed by atoms with E-state index in [0.717, 1.165) is 31.7 Å². The van der Waals surface area contributed by atoms with Gasteiger partial charge in [-0.05, 0) is 43.7 Å². The van der Waals surface area contributed by atoms with Gasteiger partial charge < -0.3 is 10.0 Å². The van der Waals surface area contributed by atoms with Gasteiger partial charge in [0.05, 0.1) is 10.5 Å². The Kier molecular flexibility index (Phi) is 4.45. The second kappa shape index (κ2) is 6.11. The van der Waals surface area contributed by atoms with Crippen molar-refractivity contribution >= 4 is 17.3 Å². The highest BCUT2D eigenvalue weighted by Gasteiger charge is 2.27. The van der Waals surface area contributed by atoms with Gasteiger partial charge in [-0.25, -0.2) is 4.79 Å². The van der Waals surface area contributed by atoms with Crippen molar-refractivity contribution in [2.45, 2.75) is 38.6 Å². The summed E-state index contributed by atoms with van der Waals surface area (Å²) < 4.78 is 0. The predicted octanol–water partition coefficient (Wildman–Crippen LogP) is 3.31. The maximum Gasteiger partial charge on any atom is 0.335 e. The van der Waals surface area contributed by atoms with Crippen LogP contribution in [0.2, 0.25) is 0 Å². The van der Waals surface area contributed by atoms with Gasteiger partial charge in [-0.3, -0.25) is 10.1 Å². The van der Waals surface area contributed by atoms with Gasteiger partial charge in [-0.1, -0.05) is 6.92 Å². The summed E-state index contributed by atoms with van der Waals surface area (Å²) in [6.45, 7) is 2.22. The summed E-state index contributed by atoms with van der Waals surface area (Å²) in [7, 11) is 1.85. The van der Waals surface area contributed by atoms with Crippen molar-refractivity contribution in [3.63, 3.8) is 0 Å². The highest BCUT2D eigenvalue weighted by Crippen LogP contribution is 2.34. The molecule has 0 bridgehead atoms. The minimum absolute atomic E-state index is 0.0592. The molecule has 1 aromatic rings. The lowest BCUT2D eigenvalue weighted by molar-refractivity contribution is -0.384. The molecule has 114 valence electrons. The molecule has 0 amide bonds. The summed E-state index contributed by atoms with van der Waals surface area (Å²) in [4.78, 5) is 23.6. The molecule has 1 aliphatic rings. The molecule has 0 spiro atoms. The smallest absolute Gasteiger partial charge is 0.335 e. The van der Waals surface area contributed by atoms with Crippen LogP contribution >= 0.6 is 0 Å². The normalized spacial score (nSPS) is 21.8. The van der Waals surface area contributed by atoms with E-state index >= 15 is 0 Å². The zero-order valence-corrected chi connectivity index (χ0v) is 12.3. The number of carbonyl (C=O) groups is 1. The third-order valence-electron chi connectivity index (χ3n) is 4.33. The van der Waals surface area contributed by atoms with Crippen LogP contribution in [0, 0.1) is 16.0 Å². The molecule has 1 N–H and O–H groups in total.